The minimum atomic E-state index is 0.372. The van der Waals surface area contributed by atoms with Crippen LogP contribution in [0.5, 0.6) is 0 Å². The normalized spacial score (nSPS) is 28.4. The molecule has 0 saturated carbocycles. The molecule has 0 aromatic rings. The summed E-state index contributed by atoms with van der Waals surface area (Å²) < 4.78 is 6.13. The molecule has 0 aromatic carbocycles. The molecule has 0 bridgehead atoms. The van der Waals surface area contributed by atoms with Crippen molar-refractivity contribution in [2.24, 2.45) is 0 Å². The third-order valence-electron chi connectivity index (χ3n) is 3.40. The molecule has 1 heterocycles. The molecule has 16 heavy (non-hydrogen) atoms. The van der Waals surface area contributed by atoms with Gasteiger partial charge in [-0.15, -0.1) is 0 Å². The van der Waals surface area contributed by atoms with Crippen LogP contribution in [-0.4, -0.2) is 12.2 Å². The van der Waals surface area contributed by atoms with Crippen molar-refractivity contribution in [3.05, 3.63) is 12.2 Å². The molecule has 1 aliphatic heterocycles. The number of ether oxygens (including phenoxy) is 1. The number of unbranched alkanes of at least 4 members (excludes halogenated alkanes) is 3. The van der Waals surface area contributed by atoms with Crippen molar-refractivity contribution in [2.75, 3.05) is 0 Å². The molecule has 0 saturated heterocycles. The smallest absolute Gasteiger partial charge is 0.0756 e. The maximum atomic E-state index is 6.13. The fourth-order valence-corrected chi connectivity index (χ4v) is 2.32. The van der Waals surface area contributed by atoms with Crippen molar-refractivity contribution < 1.29 is 4.74 Å². The lowest BCUT2D eigenvalue weighted by Gasteiger charge is -2.24. The lowest BCUT2D eigenvalue weighted by molar-refractivity contribution is -0.00210. The van der Waals surface area contributed by atoms with Gasteiger partial charge >= 0.3 is 0 Å². The van der Waals surface area contributed by atoms with E-state index in [-0.39, 0.29) is 0 Å². The standard InChI is InChI=1S/C15H28O/c1-3-5-6-8-12-15-13-10-7-9-11-14(4-2)16-15/h9,11,14-15H,3-8,10,12-13H2,1-2H3/b11-9-/t14-,15+/m0/s1. The number of hydrogen-bond donors (Lipinski definition) is 0. The Morgan fingerprint density at radius 3 is 2.81 bits per heavy atom. The van der Waals surface area contributed by atoms with Crippen LogP contribution in [0.4, 0.5) is 0 Å². The second kappa shape index (κ2) is 8.81. The minimum absolute atomic E-state index is 0.372. The Hall–Kier alpha value is -0.300. The fourth-order valence-electron chi connectivity index (χ4n) is 2.32. The quantitative estimate of drug-likeness (QED) is 0.462. The van der Waals surface area contributed by atoms with Crippen molar-refractivity contribution in [3.63, 3.8) is 0 Å². The van der Waals surface area contributed by atoms with Crippen LogP contribution in [0.25, 0.3) is 0 Å². The second-order valence-electron chi connectivity index (χ2n) is 4.91. The molecule has 1 aliphatic rings. The van der Waals surface area contributed by atoms with Crippen LogP contribution in [0.3, 0.4) is 0 Å². The van der Waals surface area contributed by atoms with Gasteiger partial charge in [-0.05, 0) is 32.1 Å². The topological polar surface area (TPSA) is 9.23 Å². The molecule has 0 amide bonds. The molecule has 2 atom stereocenters. The molecule has 0 radical (unpaired) electrons. The maximum absolute atomic E-state index is 6.13. The van der Waals surface area contributed by atoms with E-state index in [1.165, 1.54) is 51.4 Å². The first-order chi connectivity index (χ1) is 7.86. The second-order valence-corrected chi connectivity index (χ2v) is 4.91. The van der Waals surface area contributed by atoms with E-state index >= 15 is 0 Å². The zero-order valence-corrected chi connectivity index (χ0v) is 11.1. The van der Waals surface area contributed by atoms with Gasteiger partial charge in [-0.25, -0.2) is 0 Å². The zero-order chi connectivity index (χ0) is 11.6. The van der Waals surface area contributed by atoms with E-state index in [0.29, 0.717) is 12.2 Å². The molecule has 0 aromatic heterocycles. The predicted molar refractivity (Wildman–Crippen MR) is 70.7 cm³/mol. The van der Waals surface area contributed by atoms with Gasteiger partial charge < -0.3 is 4.74 Å². The Bertz CT molecular complexity index is 186. The highest BCUT2D eigenvalue weighted by molar-refractivity contribution is 4.91. The predicted octanol–water partition coefficient (Wildman–Crippen LogP) is 4.86. The summed E-state index contributed by atoms with van der Waals surface area (Å²) in [5, 5.41) is 0. The number of hydrogen-bond acceptors (Lipinski definition) is 1. The van der Waals surface area contributed by atoms with Gasteiger partial charge in [0.15, 0.2) is 0 Å². The van der Waals surface area contributed by atoms with Crippen LogP contribution in [0.15, 0.2) is 12.2 Å². The summed E-state index contributed by atoms with van der Waals surface area (Å²) in [6, 6.07) is 0. The van der Waals surface area contributed by atoms with Crippen LogP contribution in [-0.2, 0) is 4.74 Å². The number of allylic oxidation sites excluding steroid dienone is 1. The van der Waals surface area contributed by atoms with Crippen LogP contribution in [0.2, 0.25) is 0 Å². The van der Waals surface area contributed by atoms with Gasteiger partial charge in [-0.1, -0.05) is 51.7 Å². The third-order valence-corrected chi connectivity index (χ3v) is 3.40. The van der Waals surface area contributed by atoms with Crippen LogP contribution in [0, 0.1) is 0 Å². The average molecular weight is 224 g/mol. The van der Waals surface area contributed by atoms with Crippen LogP contribution < -0.4 is 0 Å². The Labute approximate surface area is 101 Å². The Kier molecular flexibility index (Phi) is 7.58. The van der Waals surface area contributed by atoms with Gasteiger partial charge in [0, 0.05) is 0 Å². The Morgan fingerprint density at radius 2 is 2.06 bits per heavy atom. The highest BCUT2D eigenvalue weighted by Gasteiger charge is 2.14. The van der Waals surface area contributed by atoms with Crippen molar-refractivity contribution >= 4 is 0 Å². The highest BCUT2D eigenvalue weighted by Crippen LogP contribution is 2.19. The summed E-state index contributed by atoms with van der Waals surface area (Å²) in [6.45, 7) is 4.48. The minimum Gasteiger partial charge on any atom is -0.371 e. The molecule has 1 nitrogen and oxygen atoms in total. The molecular weight excluding hydrogens is 196 g/mol. The van der Waals surface area contributed by atoms with E-state index in [4.69, 9.17) is 4.74 Å². The van der Waals surface area contributed by atoms with Gasteiger partial charge in [0.1, 0.15) is 0 Å². The van der Waals surface area contributed by atoms with Gasteiger partial charge in [-0.2, -0.15) is 0 Å². The van der Waals surface area contributed by atoms with Gasteiger partial charge in [0.25, 0.3) is 0 Å². The van der Waals surface area contributed by atoms with Gasteiger partial charge in [0.05, 0.1) is 12.2 Å². The Balaban J connectivity index is 2.25. The number of rotatable bonds is 6. The van der Waals surface area contributed by atoms with Crippen molar-refractivity contribution in [1.29, 1.82) is 0 Å². The van der Waals surface area contributed by atoms with Crippen molar-refractivity contribution in [3.8, 4) is 0 Å². The van der Waals surface area contributed by atoms with Crippen LogP contribution in [0.1, 0.15) is 71.6 Å². The molecule has 0 fully saturated rings. The average Bonchev–Trinajstić information content (AvgIpc) is 2.27. The summed E-state index contributed by atoms with van der Waals surface area (Å²) in [5.41, 5.74) is 0. The lowest BCUT2D eigenvalue weighted by Crippen LogP contribution is -2.21. The van der Waals surface area contributed by atoms with E-state index in [9.17, 15) is 0 Å². The molecule has 0 unspecified atom stereocenters. The first-order valence-electron chi connectivity index (χ1n) is 7.19. The van der Waals surface area contributed by atoms with E-state index in [2.05, 4.69) is 26.0 Å². The summed E-state index contributed by atoms with van der Waals surface area (Å²) >= 11 is 0. The highest BCUT2D eigenvalue weighted by atomic mass is 16.5. The van der Waals surface area contributed by atoms with E-state index < -0.39 is 0 Å². The molecule has 0 spiro atoms. The van der Waals surface area contributed by atoms with E-state index in [1.807, 2.05) is 0 Å². The van der Waals surface area contributed by atoms with Gasteiger partial charge in [0.2, 0.25) is 0 Å². The first-order valence-corrected chi connectivity index (χ1v) is 7.19. The maximum Gasteiger partial charge on any atom is 0.0756 e. The molecule has 94 valence electrons. The summed E-state index contributed by atoms with van der Waals surface area (Å²) in [7, 11) is 0. The molecular formula is C15H28O. The molecule has 0 aliphatic carbocycles. The fraction of sp³-hybridized carbons (Fsp3) is 0.867. The summed E-state index contributed by atoms with van der Waals surface area (Å²) in [4.78, 5) is 0. The zero-order valence-electron chi connectivity index (χ0n) is 11.1. The first kappa shape index (κ1) is 13.8. The van der Waals surface area contributed by atoms with E-state index in [0.717, 1.165) is 6.42 Å². The summed E-state index contributed by atoms with van der Waals surface area (Å²) in [5.74, 6) is 0. The van der Waals surface area contributed by atoms with Gasteiger partial charge in [-0.3, -0.25) is 0 Å². The molecule has 0 N–H and O–H groups in total. The SMILES string of the molecule is CCCCCC[C@@H]1CCC/C=C\[C@H](CC)O1. The summed E-state index contributed by atoms with van der Waals surface area (Å²) in [6.07, 6.45) is 17.1. The lowest BCUT2D eigenvalue weighted by atomic mass is 10.0. The van der Waals surface area contributed by atoms with Crippen molar-refractivity contribution in [2.45, 2.75) is 83.8 Å². The third kappa shape index (κ3) is 5.69. The van der Waals surface area contributed by atoms with E-state index in [1.54, 1.807) is 0 Å². The van der Waals surface area contributed by atoms with Crippen molar-refractivity contribution in [1.82, 2.24) is 0 Å². The molecule has 1 rings (SSSR count). The monoisotopic (exact) mass is 224 g/mol. The Morgan fingerprint density at radius 1 is 1.19 bits per heavy atom. The largest absolute Gasteiger partial charge is 0.371 e. The van der Waals surface area contributed by atoms with Crippen LogP contribution >= 0.6 is 0 Å². The molecule has 1 heteroatoms.